The van der Waals surface area contributed by atoms with E-state index in [0.717, 1.165) is 42.5 Å². The van der Waals surface area contributed by atoms with Crippen LogP contribution in [-0.2, 0) is 0 Å². The second-order valence-electron chi connectivity index (χ2n) is 9.71. The summed E-state index contributed by atoms with van der Waals surface area (Å²) in [7, 11) is 0. The molecule has 0 atom stereocenters. The van der Waals surface area contributed by atoms with Gasteiger partial charge in [0.1, 0.15) is 11.3 Å². The highest BCUT2D eigenvalue weighted by Crippen LogP contribution is 2.28. The number of aromatic nitrogens is 2. The fourth-order valence-electron chi connectivity index (χ4n) is 4.65. The normalized spacial score (nSPS) is 12.5. The van der Waals surface area contributed by atoms with Gasteiger partial charge in [0.05, 0.1) is 11.6 Å². The van der Waals surface area contributed by atoms with Crippen LogP contribution in [0.5, 0.6) is 11.5 Å². The largest absolute Gasteiger partial charge is 0.871 e. The molecule has 6 rings (SSSR count). The van der Waals surface area contributed by atoms with E-state index in [1.54, 1.807) is 48.5 Å². The van der Waals surface area contributed by atoms with E-state index >= 15 is 0 Å². The first-order valence-electron chi connectivity index (χ1n) is 13.4. The zero-order valence-corrected chi connectivity index (χ0v) is 23.1. The molecule has 0 unspecified atom stereocenters. The molecule has 0 saturated carbocycles. The number of benzene rings is 4. The Morgan fingerprint density at radius 2 is 1.33 bits per heavy atom. The standard InChI is InChI=1S/2C11H8O3.C9H15N5O/c2*12-10-8-4-2-1-3-7(8)5-6-9(10)11(13)14;10-7-6-8(12-9(11)14(7)15)13-4-2-1-3-5-13/h2*1-6,12H,(H,13,14);6,15H,1-5H2,(H3,10,11,12). The maximum atomic E-state index is 11.6. The molecule has 1 aliphatic heterocycles. The third-order valence-electron chi connectivity index (χ3n) is 6.89. The first-order chi connectivity index (χ1) is 20.6. The number of nitrogens with zero attached hydrogens (tertiary/aromatic N) is 3. The lowest BCUT2D eigenvalue weighted by molar-refractivity contribution is -0.883. The topological polar surface area (TPSA) is 210 Å². The molecule has 4 aromatic carbocycles. The molecule has 0 aliphatic carbocycles. The summed E-state index contributed by atoms with van der Waals surface area (Å²) in [5.74, 6) is -1.91. The van der Waals surface area contributed by atoms with Gasteiger partial charge in [0.2, 0.25) is 5.82 Å². The molecule has 0 spiro atoms. The van der Waals surface area contributed by atoms with E-state index in [1.165, 1.54) is 18.6 Å². The second-order valence-corrected chi connectivity index (χ2v) is 9.71. The van der Waals surface area contributed by atoms with E-state index in [2.05, 4.69) is 9.88 Å². The van der Waals surface area contributed by atoms with E-state index in [0.29, 0.717) is 15.5 Å². The maximum Gasteiger partial charge on any atom is 0.383 e. The Morgan fingerprint density at radius 3 is 1.91 bits per heavy atom. The highest BCUT2D eigenvalue weighted by Gasteiger charge is 2.19. The van der Waals surface area contributed by atoms with Crippen LogP contribution in [0, 0.1) is 0 Å². The van der Waals surface area contributed by atoms with Gasteiger partial charge in [-0.15, -0.1) is 0 Å². The number of nitrogens with two attached hydrogens (primary N) is 2. The van der Waals surface area contributed by atoms with Gasteiger partial charge in [-0.3, -0.25) is 0 Å². The minimum atomic E-state index is -1.18. The van der Waals surface area contributed by atoms with Crippen molar-refractivity contribution in [3.63, 3.8) is 0 Å². The Bertz CT molecular complexity index is 1670. The van der Waals surface area contributed by atoms with Crippen LogP contribution in [0.15, 0.2) is 78.9 Å². The molecule has 12 heteroatoms. The summed E-state index contributed by atoms with van der Waals surface area (Å²) in [5.41, 5.74) is 10.9. The Labute approximate surface area is 246 Å². The highest BCUT2D eigenvalue weighted by atomic mass is 16.5. The number of phenols is 1. The number of hydrogen-bond donors (Lipinski definition) is 6. The van der Waals surface area contributed by atoms with Crippen LogP contribution in [0.3, 0.4) is 0 Å². The van der Waals surface area contributed by atoms with Gasteiger partial charge in [-0.1, -0.05) is 71.4 Å². The third kappa shape index (κ3) is 6.93. The Balaban J connectivity index is 0.000000148. The van der Waals surface area contributed by atoms with Crippen molar-refractivity contribution in [2.45, 2.75) is 19.3 Å². The predicted octanol–water partition coefficient (Wildman–Crippen LogP) is 3.62. The lowest BCUT2D eigenvalue weighted by atomic mass is 10.1. The molecule has 0 amide bonds. The molecule has 12 nitrogen and oxygen atoms in total. The lowest BCUT2D eigenvalue weighted by Crippen LogP contribution is -2.40. The monoisotopic (exact) mass is 585 g/mol. The molecule has 1 aliphatic rings. The fourth-order valence-corrected chi connectivity index (χ4v) is 4.65. The minimum Gasteiger partial charge on any atom is -0.871 e. The van der Waals surface area contributed by atoms with Crippen molar-refractivity contribution in [1.82, 2.24) is 4.98 Å². The summed E-state index contributed by atoms with van der Waals surface area (Å²) >= 11 is 0. The Kier molecular flexibility index (Phi) is 9.30. The molecular formula is C31H31N5O7. The number of aromatic carboxylic acids is 2. The molecule has 5 aromatic rings. The highest BCUT2D eigenvalue weighted by molar-refractivity contribution is 6.00. The summed E-state index contributed by atoms with van der Waals surface area (Å²) < 4.78 is 0.688. The summed E-state index contributed by atoms with van der Waals surface area (Å²) in [6.07, 6.45) is 3.58. The zero-order valence-electron chi connectivity index (χ0n) is 23.1. The summed E-state index contributed by atoms with van der Waals surface area (Å²) in [4.78, 5) is 27.6. The Hall–Kier alpha value is -5.78. The number of piperidine rings is 1. The molecule has 8 N–H and O–H groups in total. The van der Waals surface area contributed by atoms with Crippen molar-refractivity contribution in [1.29, 1.82) is 0 Å². The number of hydrogen-bond acceptors (Lipinski definition) is 9. The van der Waals surface area contributed by atoms with Crippen molar-refractivity contribution in [3.05, 3.63) is 90.0 Å². The van der Waals surface area contributed by atoms with Gasteiger partial charge in [0.25, 0.3) is 0 Å². The summed E-state index contributed by atoms with van der Waals surface area (Å²) in [6, 6.07) is 21.7. The average molecular weight is 586 g/mol. The first-order valence-corrected chi connectivity index (χ1v) is 13.4. The van der Waals surface area contributed by atoms with Crippen LogP contribution in [0.4, 0.5) is 17.6 Å². The van der Waals surface area contributed by atoms with Gasteiger partial charge in [-0.2, -0.15) is 0 Å². The molecule has 1 aromatic heterocycles. The number of carboxylic acid groups (broad SMARTS) is 2. The van der Waals surface area contributed by atoms with Crippen molar-refractivity contribution < 1.29 is 40.0 Å². The first kappa shape index (κ1) is 30.2. The molecule has 43 heavy (non-hydrogen) atoms. The molecular weight excluding hydrogens is 554 g/mol. The van der Waals surface area contributed by atoms with E-state index in [4.69, 9.17) is 21.7 Å². The van der Waals surface area contributed by atoms with E-state index in [-0.39, 0.29) is 28.6 Å². The van der Waals surface area contributed by atoms with Gasteiger partial charge in [-0.25, -0.2) is 9.59 Å². The molecule has 222 valence electrons. The van der Waals surface area contributed by atoms with E-state index in [9.17, 15) is 25.0 Å². The van der Waals surface area contributed by atoms with Crippen LogP contribution < -0.4 is 26.2 Å². The zero-order chi connectivity index (χ0) is 31.1. The smallest absolute Gasteiger partial charge is 0.383 e. The van der Waals surface area contributed by atoms with Crippen molar-refractivity contribution >= 4 is 51.1 Å². The number of carboxylic acids is 2. The van der Waals surface area contributed by atoms with Gasteiger partial charge < -0.3 is 42.0 Å². The van der Waals surface area contributed by atoms with Gasteiger partial charge in [-0.05, 0) is 52.3 Å². The second kappa shape index (κ2) is 13.3. The van der Waals surface area contributed by atoms with Crippen LogP contribution in [-0.4, -0.2) is 50.5 Å². The molecule has 0 bridgehead atoms. The predicted molar refractivity (Wildman–Crippen MR) is 159 cm³/mol. The minimum absolute atomic E-state index is 0.0237. The number of carbonyl (C=O) groups is 2. The summed E-state index contributed by atoms with van der Waals surface area (Å²) in [5, 5.41) is 50.6. The maximum absolute atomic E-state index is 11.6. The fraction of sp³-hybridized carbons (Fsp3) is 0.161. The number of rotatable bonds is 3. The molecule has 1 fully saturated rings. The molecule has 2 heterocycles. The van der Waals surface area contributed by atoms with Crippen molar-refractivity contribution in [2.24, 2.45) is 0 Å². The Morgan fingerprint density at radius 1 is 0.791 bits per heavy atom. The molecule has 1 saturated heterocycles. The molecule has 0 radical (unpaired) electrons. The van der Waals surface area contributed by atoms with Gasteiger partial charge in [0.15, 0.2) is 5.82 Å². The number of fused-ring (bicyclic) bond motifs is 2. The van der Waals surface area contributed by atoms with E-state index < -0.39 is 17.7 Å². The SMILES string of the molecule is Nc1cc(N2CCCCC2)nc(N)[n+]1O.O=C(O)c1ccc2ccccc2c1O.O=C(O)c1ccc2ccccc2c1[O-]. The van der Waals surface area contributed by atoms with Crippen LogP contribution in [0.25, 0.3) is 21.5 Å². The lowest BCUT2D eigenvalue weighted by Gasteiger charge is -2.26. The van der Waals surface area contributed by atoms with Crippen molar-refractivity contribution in [3.8, 4) is 11.5 Å². The van der Waals surface area contributed by atoms with Crippen molar-refractivity contribution in [2.75, 3.05) is 29.5 Å². The number of anilines is 3. The van der Waals surface area contributed by atoms with Crippen LogP contribution in [0.1, 0.15) is 40.0 Å². The van der Waals surface area contributed by atoms with Gasteiger partial charge >= 0.3 is 17.9 Å². The number of nitrogen functional groups attached to an aromatic ring is 2. The summed E-state index contributed by atoms with van der Waals surface area (Å²) in [6.45, 7) is 1.95. The van der Waals surface area contributed by atoms with E-state index in [1.807, 2.05) is 18.2 Å². The van der Waals surface area contributed by atoms with Crippen LogP contribution in [0.2, 0.25) is 0 Å². The third-order valence-corrected chi connectivity index (χ3v) is 6.89. The average Bonchev–Trinajstić information content (AvgIpc) is 3.01. The van der Waals surface area contributed by atoms with Gasteiger partial charge in [0, 0.05) is 18.5 Å². The number of aromatic hydroxyl groups is 1. The quantitative estimate of drug-likeness (QED) is 0.133. The van der Waals surface area contributed by atoms with Crippen LogP contribution >= 0.6 is 0 Å².